The van der Waals surface area contributed by atoms with Crippen LogP contribution in [0, 0.1) is 0 Å². The molecule has 150 valence electrons. The average molecular weight is 413 g/mol. The molecule has 0 spiro atoms. The lowest BCUT2D eigenvalue weighted by molar-refractivity contribution is 0.0715. The monoisotopic (exact) mass is 412 g/mol. The van der Waals surface area contributed by atoms with Crippen LogP contribution in [0.25, 0.3) is 11.0 Å². The Kier molecular flexibility index (Phi) is 5.06. The second-order valence-corrected chi connectivity index (χ2v) is 7.70. The maximum Gasteiger partial charge on any atom is 0.290 e. The van der Waals surface area contributed by atoms with Crippen LogP contribution in [-0.4, -0.2) is 50.0 Å². The maximum absolute atomic E-state index is 13.4. The highest BCUT2D eigenvalue weighted by Crippen LogP contribution is 2.41. The molecule has 0 saturated heterocycles. The summed E-state index contributed by atoms with van der Waals surface area (Å²) in [6, 6.07) is 11.7. The highest BCUT2D eigenvalue weighted by Gasteiger charge is 2.43. The van der Waals surface area contributed by atoms with Gasteiger partial charge in [-0.3, -0.25) is 9.59 Å². The van der Waals surface area contributed by atoms with E-state index < -0.39 is 6.04 Å². The number of benzene rings is 2. The Morgan fingerprint density at radius 2 is 1.93 bits per heavy atom. The van der Waals surface area contributed by atoms with Crippen molar-refractivity contribution >= 4 is 28.5 Å². The topological polar surface area (TPSA) is 63.0 Å². The molecular weight excluding hydrogens is 392 g/mol. The summed E-state index contributed by atoms with van der Waals surface area (Å²) in [4.78, 5) is 30.4. The van der Waals surface area contributed by atoms with Gasteiger partial charge in [0.1, 0.15) is 11.3 Å². The predicted molar refractivity (Wildman–Crippen MR) is 112 cm³/mol. The molecule has 1 aromatic heterocycles. The summed E-state index contributed by atoms with van der Waals surface area (Å²) < 4.78 is 11.4. The van der Waals surface area contributed by atoms with Crippen molar-refractivity contribution in [3.63, 3.8) is 0 Å². The van der Waals surface area contributed by atoms with Crippen molar-refractivity contribution in [2.45, 2.75) is 6.04 Å². The minimum Gasteiger partial charge on any atom is -0.496 e. The number of methoxy groups -OCH3 is 1. The van der Waals surface area contributed by atoms with Crippen LogP contribution in [0.15, 0.2) is 51.7 Å². The van der Waals surface area contributed by atoms with Crippen molar-refractivity contribution in [1.29, 1.82) is 0 Å². The van der Waals surface area contributed by atoms with Crippen LogP contribution in [0.3, 0.4) is 0 Å². The van der Waals surface area contributed by atoms with Gasteiger partial charge in [-0.2, -0.15) is 0 Å². The molecule has 1 aliphatic heterocycles. The van der Waals surface area contributed by atoms with E-state index in [1.807, 2.05) is 43.3 Å². The number of hydrogen-bond acceptors (Lipinski definition) is 5. The first-order valence-electron chi connectivity index (χ1n) is 9.27. The fraction of sp³-hybridized carbons (Fsp3) is 0.273. The second-order valence-electron chi connectivity index (χ2n) is 7.26. The van der Waals surface area contributed by atoms with E-state index in [1.165, 1.54) is 0 Å². The van der Waals surface area contributed by atoms with Crippen molar-refractivity contribution in [3.05, 3.63) is 74.6 Å². The lowest BCUT2D eigenvalue weighted by Gasteiger charge is -2.27. The molecular formula is C22H21ClN2O4. The number of amides is 1. The summed E-state index contributed by atoms with van der Waals surface area (Å²) in [5.41, 5.74) is 1.17. The van der Waals surface area contributed by atoms with Crippen molar-refractivity contribution in [3.8, 4) is 5.75 Å². The van der Waals surface area contributed by atoms with E-state index in [0.29, 0.717) is 40.4 Å². The zero-order chi connectivity index (χ0) is 20.7. The number of carbonyl (C=O) groups is 1. The molecule has 1 amide bonds. The van der Waals surface area contributed by atoms with E-state index in [-0.39, 0.29) is 17.1 Å². The van der Waals surface area contributed by atoms with Gasteiger partial charge in [0.15, 0.2) is 5.43 Å². The minimum absolute atomic E-state index is 0.0829. The molecule has 29 heavy (non-hydrogen) atoms. The highest BCUT2D eigenvalue weighted by molar-refractivity contribution is 6.31. The fourth-order valence-electron chi connectivity index (χ4n) is 3.75. The van der Waals surface area contributed by atoms with Crippen molar-refractivity contribution < 1.29 is 13.9 Å². The molecule has 0 saturated carbocycles. The quantitative estimate of drug-likeness (QED) is 0.641. The SMILES string of the molecule is COc1ccccc1[C@@H]1c2c(oc3ccc(Cl)cc3c2=O)C(=O)N1CCN(C)C. The van der Waals surface area contributed by atoms with Gasteiger partial charge in [0.2, 0.25) is 5.76 Å². The summed E-state index contributed by atoms with van der Waals surface area (Å²) in [5, 5.41) is 0.797. The fourth-order valence-corrected chi connectivity index (χ4v) is 3.92. The van der Waals surface area contributed by atoms with Gasteiger partial charge >= 0.3 is 0 Å². The molecule has 0 bridgehead atoms. The Labute approximate surface area is 173 Å². The molecule has 0 fully saturated rings. The van der Waals surface area contributed by atoms with Crippen molar-refractivity contribution in [2.24, 2.45) is 0 Å². The molecule has 2 heterocycles. The molecule has 4 rings (SSSR count). The predicted octanol–water partition coefficient (Wildman–Crippen LogP) is 3.56. The number of hydrogen-bond donors (Lipinski definition) is 0. The Morgan fingerprint density at radius 3 is 2.66 bits per heavy atom. The van der Waals surface area contributed by atoms with Gasteiger partial charge in [-0.05, 0) is 38.4 Å². The zero-order valence-corrected chi connectivity index (χ0v) is 17.2. The zero-order valence-electron chi connectivity index (χ0n) is 16.4. The van der Waals surface area contributed by atoms with Gasteiger partial charge < -0.3 is 19.0 Å². The third kappa shape index (κ3) is 3.28. The van der Waals surface area contributed by atoms with Crippen molar-refractivity contribution in [2.75, 3.05) is 34.3 Å². The Hall–Kier alpha value is -2.83. The highest BCUT2D eigenvalue weighted by atomic mass is 35.5. The lowest BCUT2D eigenvalue weighted by atomic mass is 9.97. The van der Waals surface area contributed by atoms with Crippen LogP contribution >= 0.6 is 11.6 Å². The molecule has 2 aromatic carbocycles. The van der Waals surface area contributed by atoms with E-state index in [2.05, 4.69) is 0 Å². The number of para-hydroxylation sites is 1. The summed E-state index contributed by atoms with van der Waals surface area (Å²) in [7, 11) is 5.44. The molecule has 3 aromatic rings. The smallest absolute Gasteiger partial charge is 0.290 e. The minimum atomic E-state index is -0.590. The largest absolute Gasteiger partial charge is 0.496 e. The van der Waals surface area contributed by atoms with Gasteiger partial charge in [-0.15, -0.1) is 0 Å². The number of fused-ring (bicyclic) bond motifs is 2. The first-order valence-corrected chi connectivity index (χ1v) is 9.65. The summed E-state index contributed by atoms with van der Waals surface area (Å²) in [5.74, 6) is 0.393. The molecule has 1 aliphatic rings. The molecule has 0 aliphatic carbocycles. The van der Waals surface area contributed by atoms with Crippen LogP contribution < -0.4 is 10.2 Å². The van der Waals surface area contributed by atoms with Crippen LogP contribution in [0.1, 0.15) is 27.7 Å². The summed E-state index contributed by atoms with van der Waals surface area (Å²) in [6.45, 7) is 1.08. The van der Waals surface area contributed by atoms with Crippen LogP contribution in [0.2, 0.25) is 5.02 Å². The number of halogens is 1. The molecule has 0 unspecified atom stereocenters. The molecule has 0 radical (unpaired) electrons. The standard InChI is InChI=1S/C22H21ClN2O4/c1-24(2)10-11-25-19(14-6-4-5-7-16(14)28-3)18-20(26)15-12-13(23)8-9-17(15)29-21(18)22(25)27/h4-9,12,19H,10-11H2,1-3H3/t19-/m1/s1. The van der Waals surface area contributed by atoms with Crippen LogP contribution in [0.5, 0.6) is 5.75 Å². The molecule has 0 N–H and O–H groups in total. The van der Waals surface area contributed by atoms with Gasteiger partial charge in [0.25, 0.3) is 5.91 Å². The van der Waals surface area contributed by atoms with Crippen LogP contribution in [0.4, 0.5) is 0 Å². The summed E-state index contributed by atoms with van der Waals surface area (Å²) >= 11 is 6.10. The van der Waals surface area contributed by atoms with E-state index in [4.69, 9.17) is 20.8 Å². The Balaban J connectivity index is 1.98. The van der Waals surface area contributed by atoms with Gasteiger partial charge in [-0.25, -0.2) is 0 Å². The van der Waals surface area contributed by atoms with Gasteiger partial charge in [0, 0.05) is 23.7 Å². The Bertz CT molecular complexity index is 1160. The van der Waals surface area contributed by atoms with E-state index in [9.17, 15) is 9.59 Å². The number of likely N-dealkylation sites (N-methyl/N-ethyl adjacent to an activating group) is 1. The average Bonchev–Trinajstić information content (AvgIpc) is 2.99. The first kappa shape index (κ1) is 19.5. The summed E-state index contributed by atoms with van der Waals surface area (Å²) in [6.07, 6.45) is 0. The van der Waals surface area contributed by atoms with Gasteiger partial charge in [0.05, 0.1) is 24.1 Å². The number of nitrogens with zero attached hydrogens (tertiary/aromatic N) is 2. The third-order valence-corrected chi connectivity index (χ3v) is 5.38. The molecule has 7 heteroatoms. The van der Waals surface area contributed by atoms with E-state index in [1.54, 1.807) is 30.2 Å². The van der Waals surface area contributed by atoms with Gasteiger partial charge in [-0.1, -0.05) is 29.8 Å². The molecule has 6 nitrogen and oxygen atoms in total. The Morgan fingerprint density at radius 1 is 1.17 bits per heavy atom. The second kappa shape index (κ2) is 7.54. The lowest BCUT2D eigenvalue weighted by Crippen LogP contribution is -2.35. The van der Waals surface area contributed by atoms with E-state index in [0.717, 1.165) is 5.56 Å². The number of carbonyl (C=O) groups excluding carboxylic acids is 1. The third-order valence-electron chi connectivity index (χ3n) is 5.15. The van der Waals surface area contributed by atoms with Crippen molar-refractivity contribution in [1.82, 2.24) is 9.80 Å². The molecule has 1 atom stereocenters. The maximum atomic E-state index is 13.4. The van der Waals surface area contributed by atoms with Crippen LogP contribution in [-0.2, 0) is 0 Å². The van der Waals surface area contributed by atoms with E-state index >= 15 is 0 Å². The first-order chi connectivity index (χ1) is 13.9. The normalized spacial score (nSPS) is 16.0. The number of rotatable bonds is 5. The number of ether oxygens (including phenoxy) is 1.